The monoisotopic (exact) mass is 369 g/mol. The molecule has 1 aliphatic rings. The lowest BCUT2D eigenvalue weighted by atomic mass is 9.99. The Kier molecular flexibility index (Phi) is 12.5. The second-order valence-electron chi connectivity index (χ2n) is 5.40. The topological polar surface area (TPSA) is 142 Å². The molecule has 0 aromatic rings. The molecule has 0 amide bonds. The van der Waals surface area contributed by atoms with Crippen LogP contribution in [0.5, 0.6) is 0 Å². The van der Waals surface area contributed by atoms with E-state index >= 15 is 0 Å². The van der Waals surface area contributed by atoms with Crippen molar-refractivity contribution in [3.63, 3.8) is 0 Å². The van der Waals surface area contributed by atoms with Gasteiger partial charge in [0.25, 0.3) is 0 Å². The van der Waals surface area contributed by atoms with Gasteiger partial charge in [-0.05, 0) is 0 Å². The number of rotatable bonds is 14. The van der Waals surface area contributed by atoms with E-state index in [2.05, 4.69) is 0 Å². The summed E-state index contributed by atoms with van der Waals surface area (Å²) in [4.78, 5) is 0. The fourth-order valence-electron chi connectivity index (χ4n) is 2.29. The molecule has 0 aromatic carbocycles. The maximum absolute atomic E-state index is 10.1. The molecule has 150 valence electrons. The van der Waals surface area contributed by atoms with Crippen molar-refractivity contribution in [1.29, 1.82) is 0 Å². The third-order valence-electron chi connectivity index (χ3n) is 3.60. The summed E-state index contributed by atoms with van der Waals surface area (Å²) >= 11 is 0. The van der Waals surface area contributed by atoms with Crippen LogP contribution in [0.4, 0.5) is 0 Å². The first-order valence-electron chi connectivity index (χ1n) is 8.35. The predicted octanol–water partition coefficient (Wildman–Crippen LogP) is -2.53. The molecule has 0 aromatic heterocycles. The van der Waals surface area contributed by atoms with E-state index in [0.29, 0.717) is 39.6 Å². The Labute approximate surface area is 147 Å². The lowest BCUT2D eigenvalue weighted by Crippen LogP contribution is -2.60. The highest BCUT2D eigenvalue weighted by Gasteiger charge is 2.45. The molecule has 1 aliphatic heterocycles. The van der Waals surface area contributed by atoms with E-state index in [-0.39, 0.29) is 13.2 Å². The SMILES string of the molecule is CO[C@H]1OC(CO)[C@@H](O)C(O)C1OCCOCCOCCOCCN. The molecule has 1 heterocycles. The van der Waals surface area contributed by atoms with E-state index in [0.717, 1.165) is 0 Å². The lowest BCUT2D eigenvalue weighted by Gasteiger charge is -2.41. The highest BCUT2D eigenvalue weighted by atomic mass is 16.7. The maximum atomic E-state index is 10.1. The largest absolute Gasteiger partial charge is 0.394 e. The molecule has 3 unspecified atom stereocenters. The number of methoxy groups -OCH3 is 1. The summed E-state index contributed by atoms with van der Waals surface area (Å²) in [6.07, 6.45) is -5.15. The fourth-order valence-corrected chi connectivity index (χ4v) is 2.29. The molecular formula is C15H31NO9. The van der Waals surface area contributed by atoms with Crippen LogP contribution in [0.3, 0.4) is 0 Å². The average molecular weight is 369 g/mol. The number of ether oxygens (including phenoxy) is 6. The maximum Gasteiger partial charge on any atom is 0.186 e. The Bertz CT molecular complexity index is 321. The summed E-state index contributed by atoms with van der Waals surface area (Å²) in [6.45, 7) is 2.85. The first-order valence-corrected chi connectivity index (χ1v) is 8.35. The summed E-state index contributed by atoms with van der Waals surface area (Å²) in [5.41, 5.74) is 5.28. The summed E-state index contributed by atoms with van der Waals surface area (Å²) in [5, 5.41) is 29.1. The highest BCUT2D eigenvalue weighted by molar-refractivity contribution is 4.89. The van der Waals surface area contributed by atoms with Gasteiger partial charge in [-0.15, -0.1) is 0 Å². The second kappa shape index (κ2) is 13.8. The van der Waals surface area contributed by atoms with Gasteiger partial charge in [-0.1, -0.05) is 0 Å². The Morgan fingerprint density at radius 3 is 1.96 bits per heavy atom. The first-order chi connectivity index (χ1) is 12.2. The summed E-state index contributed by atoms with van der Waals surface area (Å²) in [6, 6.07) is 0. The van der Waals surface area contributed by atoms with E-state index in [1.54, 1.807) is 0 Å². The molecule has 5 atom stereocenters. The zero-order chi connectivity index (χ0) is 18.5. The minimum atomic E-state index is -1.25. The molecule has 5 N–H and O–H groups in total. The average Bonchev–Trinajstić information content (AvgIpc) is 2.63. The van der Waals surface area contributed by atoms with Crippen molar-refractivity contribution < 1.29 is 43.7 Å². The molecule has 0 saturated carbocycles. The van der Waals surface area contributed by atoms with Crippen LogP contribution in [0, 0.1) is 0 Å². The van der Waals surface area contributed by atoms with Crippen LogP contribution in [0.25, 0.3) is 0 Å². The van der Waals surface area contributed by atoms with Gasteiger partial charge in [0.1, 0.15) is 24.4 Å². The third kappa shape index (κ3) is 8.22. The van der Waals surface area contributed by atoms with E-state index in [9.17, 15) is 10.2 Å². The first kappa shape index (κ1) is 22.6. The Morgan fingerprint density at radius 1 is 0.880 bits per heavy atom. The van der Waals surface area contributed by atoms with E-state index in [1.165, 1.54) is 7.11 Å². The smallest absolute Gasteiger partial charge is 0.186 e. The molecule has 0 radical (unpaired) electrons. The zero-order valence-electron chi connectivity index (χ0n) is 14.6. The van der Waals surface area contributed by atoms with Crippen LogP contribution in [0.15, 0.2) is 0 Å². The van der Waals surface area contributed by atoms with Crippen molar-refractivity contribution in [2.75, 3.05) is 66.5 Å². The van der Waals surface area contributed by atoms with Crippen molar-refractivity contribution in [2.45, 2.75) is 30.7 Å². The third-order valence-corrected chi connectivity index (χ3v) is 3.60. The van der Waals surface area contributed by atoms with Crippen molar-refractivity contribution in [3.8, 4) is 0 Å². The second-order valence-corrected chi connectivity index (χ2v) is 5.40. The van der Waals surface area contributed by atoms with E-state index < -0.39 is 37.3 Å². The van der Waals surface area contributed by atoms with Crippen LogP contribution in [0.2, 0.25) is 0 Å². The number of hydrogen-bond donors (Lipinski definition) is 4. The van der Waals surface area contributed by atoms with Gasteiger partial charge in [0.2, 0.25) is 0 Å². The molecule has 10 nitrogen and oxygen atoms in total. The van der Waals surface area contributed by atoms with Crippen molar-refractivity contribution in [3.05, 3.63) is 0 Å². The van der Waals surface area contributed by atoms with E-state index in [1.807, 2.05) is 0 Å². The molecular weight excluding hydrogens is 338 g/mol. The number of aliphatic hydroxyl groups is 3. The normalized spacial score (nSPS) is 29.9. The van der Waals surface area contributed by atoms with Crippen molar-refractivity contribution >= 4 is 0 Å². The van der Waals surface area contributed by atoms with Crippen LogP contribution in [-0.2, 0) is 28.4 Å². The van der Waals surface area contributed by atoms with Gasteiger partial charge in [-0.2, -0.15) is 0 Å². The van der Waals surface area contributed by atoms with Crippen molar-refractivity contribution in [1.82, 2.24) is 0 Å². The van der Waals surface area contributed by atoms with E-state index in [4.69, 9.17) is 39.3 Å². The van der Waals surface area contributed by atoms with Crippen LogP contribution < -0.4 is 5.73 Å². The number of hydrogen-bond acceptors (Lipinski definition) is 10. The summed E-state index contributed by atoms with van der Waals surface area (Å²) in [5.74, 6) is 0. The Morgan fingerprint density at radius 2 is 1.44 bits per heavy atom. The molecule has 1 saturated heterocycles. The Hall–Kier alpha value is -0.400. The molecule has 0 spiro atoms. The summed E-state index contributed by atoms with van der Waals surface area (Å²) < 4.78 is 31.7. The van der Waals surface area contributed by atoms with Crippen LogP contribution >= 0.6 is 0 Å². The quantitative estimate of drug-likeness (QED) is 0.242. The highest BCUT2D eigenvalue weighted by Crippen LogP contribution is 2.23. The van der Waals surface area contributed by atoms with Gasteiger partial charge in [-0.3, -0.25) is 0 Å². The predicted molar refractivity (Wildman–Crippen MR) is 86.0 cm³/mol. The number of aliphatic hydroxyl groups excluding tert-OH is 3. The van der Waals surface area contributed by atoms with Gasteiger partial charge < -0.3 is 49.5 Å². The molecule has 10 heteroatoms. The summed E-state index contributed by atoms with van der Waals surface area (Å²) in [7, 11) is 1.39. The fraction of sp³-hybridized carbons (Fsp3) is 1.00. The zero-order valence-corrected chi connectivity index (χ0v) is 14.6. The van der Waals surface area contributed by atoms with Crippen LogP contribution in [0.1, 0.15) is 0 Å². The van der Waals surface area contributed by atoms with Gasteiger partial charge >= 0.3 is 0 Å². The van der Waals surface area contributed by atoms with Gasteiger partial charge in [-0.25, -0.2) is 0 Å². The molecule has 0 aliphatic carbocycles. The standard InChI is InChI=1S/C15H31NO9/c1-20-15-14(13(19)12(18)11(10-17)25-15)24-9-8-23-7-6-22-5-4-21-3-2-16/h11-15,17-19H,2-10,16H2,1H3/t11?,12-,13?,14?,15+/m1/s1. The van der Waals surface area contributed by atoms with Gasteiger partial charge in [0.05, 0.1) is 52.9 Å². The van der Waals surface area contributed by atoms with Crippen molar-refractivity contribution in [2.24, 2.45) is 5.73 Å². The van der Waals surface area contributed by atoms with Crippen LogP contribution in [-0.4, -0.2) is 113 Å². The molecule has 1 fully saturated rings. The minimum absolute atomic E-state index is 0.182. The van der Waals surface area contributed by atoms with Gasteiger partial charge in [0.15, 0.2) is 6.29 Å². The molecule has 25 heavy (non-hydrogen) atoms. The van der Waals surface area contributed by atoms with Gasteiger partial charge in [0, 0.05) is 13.7 Å². The number of nitrogens with two attached hydrogens (primary N) is 1. The Balaban J connectivity index is 2.10. The molecule has 0 bridgehead atoms. The lowest BCUT2D eigenvalue weighted by molar-refractivity contribution is -0.304. The molecule has 1 rings (SSSR count). The minimum Gasteiger partial charge on any atom is -0.394 e.